The zero-order valence-corrected chi connectivity index (χ0v) is 23.0. The zero-order chi connectivity index (χ0) is 25.4. The molecule has 1 aliphatic heterocycles. The molecule has 0 spiro atoms. The van der Waals surface area contributed by atoms with E-state index in [2.05, 4.69) is 42.0 Å². The summed E-state index contributed by atoms with van der Waals surface area (Å²) < 4.78 is 5.99. The van der Waals surface area contributed by atoms with Gasteiger partial charge in [-0.1, -0.05) is 0 Å². The molecule has 0 atom stereocenters. The van der Waals surface area contributed by atoms with E-state index in [1.54, 1.807) is 10.8 Å². The molecule has 0 unspecified atom stereocenters. The van der Waals surface area contributed by atoms with Gasteiger partial charge < -0.3 is 4.98 Å². The first kappa shape index (κ1) is 23.8. The Morgan fingerprint density at radius 2 is 1.86 bits per heavy atom. The van der Waals surface area contributed by atoms with Crippen molar-refractivity contribution in [1.82, 2.24) is 29.1 Å². The molecule has 0 amide bonds. The van der Waals surface area contributed by atoms with Gasteiger partial charge in [-0.05, 0) is 0 Å². The van der Waals surface area contributed by atoms with Crippen LogP contribution in [0, 0.1) is 0 Å². The van der Waals surface area contributed by atoms with Gasteiger partial charge in [0.2, 0.25) is 0 Å². The number of allylic oxidation sites excluding steroid dienone is 2. The Hall–Kier alpha value is -3.53. The number of imidazole rings is 2. The number of rotatable bonds is 7. The molecule has 0 aliphatic carbocycles. The van der Waals surface area contributed by atoms with Gasteiger partial charge in [0.1, 0.15) is 0 Å². The van der Waals surface area contributed by atoms with Crippen molar-refractivity contribution in [2.45, 2.75) is 32.9 Å². The van der Waals surface area contributed by atoms with Crippen molar-refractivity contribution in [3.05, 3.63) is 100 Å². The van der Waals surface area contributed by atoms with Crippen LogP contribution in [-0.4, -0.2) is 37.9 Å². The van der Waals surface area contributed by atoms with Gasteiger partial charge in [0.25, 0.3) is 0 Å². The van der Waals surface area contributed by atoms with E-state index in [9.17, 15) is 4.79 Å². The fraction of sp³-hybridized carbons (Fsp3) is 0.241. The Kier molecular flexibility index (Phi) is 6.50. The van der Waals surface area contributed by atoms with Crippen molar-refractivity contribution in [3.63, 3.8) is 0 Å². The number of nitrogens with one attached hydrogen (secondary N) is 1. The first-order valence-electron chi connectivity index (χ1n) is 12.4. The Labute approximate surface area is 225 Å². The number of hydrogen-bond acceptors (Lipinski definition) is 4. The Morgan fingerprint density at radius 1 is 1.03 bits per heavy atom. The van der Waals surface area contributed by atoms with Gasteiger partial charge in [-0.25, -0.2) is 4.98 Å². The summed E-state index contributed by atoms with van der Waals surface area (Å²) in [5, 5.41) is 0. The van der Waals surface area contributed by atoms with Crippen LogP contribution in [0.2, 0.25) is 0 Å². The van der Waals surface area contributed by atoms with Crippen molar-refractivity contribution in [2.24, 2.45) is 0 Å². The maximum atomic E-state index is 13.8. The van der Waals surface area contributed by atoms with Gasteiger partial charge in [-0.15, -0.1) is 0 Å². The van der Waals surface area contributed by atoms with Gasteiger partial charge in [-0.3, -0.25) is 0 Å². The van der Waals surface area contributed by atoms with Crippen molar-refractivity contribution in [1.29, 1.82) is 0 Å². The Balaban J connectivity index is 1.45. The van der Waals surface area contributed by atoms with E-state index in [4.69, 9.17) is 9.97 Å². The van der Waals surface area contributed by atoms with Crippen molar-refractivity contribution >= 4 is 11.2 Å². The molecule has 1 aliphatic rings. The van der Waals surface area contributed by atoms with Crippen LogP contribution in [0.1, 0.15) is 30.9 Å². The molecule has 0 fully saturated rings. The third-order valence-corrected chi connectivity index (χ3v) is 9.33. The quantitative estimate of drug-likeness (QED) is 0.175. The summed E-state index contributed by atoms with van der Waals surface area (Å²) in [5.74, 6) is 1.82. The second-order valence-electron chi connectivity index (χ2n) is 9.57. The molecule has 3 aromatic heterocycles. The maximum absolute atomic E-state index is 13.8. The van der Waals surface area contributed by atoms with Crippen LogP contribution in [0.15, 0.2) is 83.6 Å². The summed E-state index contributed by atoms with van der Waals surface area (Å²) in [6.07, 6.45) is 7.70. The van der Waals surface area contributed by atoms with Crippen LogP contribution < -0.4 is 26.9 Å². The van der Waals surface area contributed by atoms with Crippen LogP contribution in [0.4, 0.5) is 0 Å². The van der Waals surface area contributed by atoms with E-state index in [0.717, 1.165) is 32.5 Å². The van der Waals surface area contributed by atoms with Crippen LogP contribution in [-0.2, 0) is 13.1 Å². The molecular formula is C29H28IN6O-. The number of aromatic nitrogens is 6. The second kappa shape index (κ2) is 10.1. The number of alkyl halides is 2. The molecule has 0 radical (unpaired) electrons. The van der Waals surface area contributed by atoms with E-state index in [1.165, 1.54) is 15.6 Å². The number of fused-ring (bicyclic) bond motifs is 1. The van der Waals surface area contributed by atoms with Crippen LogP contribution >= 0.6 is 0 Å². The molecule has 7 nitrogen and oxygen atoms in total. The summed E-state index contributed by atoms with van der Waals surface area (Å²) in [6, 6.07) is 16.4. The number of H-pyrrole nitrogens is 1. The first-order valence-corrected chi connectivity index (χ1v) is 15.5. The van der Waals surface area contributed by atoms with Crippen LogP contribution in [0.5, 0.6) is 0 Å². The Morgan fingerprint density at radius 3 is 2.59 bits per heavy atom. The molecule has 0 bridgehead atoms. The summed E-state index contributed by atoms with van der Waals surface area (Å²) in [6.45, 7) is 5.40. The molecule has 6 rings (SSSR count). The minimum absolute atomic E-state index is 0.0419. The predicted octanol–water partition coefficient (Wildman–Crippen LogP) is 1.85. The molecule has 0 saturated heterocycles. The van der Waals surface area contributed by atoms with E-state index in [-0.39, 0.29) is 26.9 Å². The molecule has 1 N–H and O–H groups in total. The van der Waals surface area contributed by atoms with Gasteiger partial charge >= 0.3 is 204 Å². The summed E-state index contributed by atoms with van der Waals surface area (Å²) in [7, 11) is 0. The summed E-state index contributed by atoms with van der Waals surface area (Å²) >= 11 is 0.197. The topological polar surface area (TPSA) is 81.4 Å². The van der Waals surface area contributed by atoms with E-state index in [1.807, 2.05) is 53.4 Å². The average molecular weight is 603 g/mol. The number of hydrogen-bond donors (Lipinski definition) is 1. The van der Waals surface area contributed by atoms with Crippen molar-refractivity contribution in [3.8, 4) is 22.8 Å². The fourth-order valence-corrected chi connectivity index (χ4v) is 7.29. The second-order valence-corrected chi connectivity index (χ2v) is 12.3. The molecule has 188 valence electrons. The molecule has 8 heteroatoms. The van der Waals surface area contributed by atoms with Crippen LogP contribution in [0.3, 0.4) is 0 Å². The van der Waals surface area contributed by atoms with Gasteiger partial charge in [-0.2, -0.15) is 0 Å². The number of benzene rings is 2. The molecular weight excluding hydrogens is 575 g/mol. The summed E-state index contributed by atoms with van der Waals surface area (Å²) in [4.78, 5) is 31.0. The first-order chi connectivity index (χ1) is 18.1. The summed E-state index contributed by atoms with van der Waals surface area (Å²) in [5.41, 5.74) is 7.03. The van der Waals surface area contributed by atoms with Crippen LogP contribution in [0.25, 0.3) is 33.9 Å². The Bertz CT molecular complexity index is 1640. The van der Waals surface area contributed by atoms with Crippen molar-refractivity contribution < 1.29 is 21.2 Å². The standard InChI is InChI=1S/C29H28IN6O/c1-19(2)23-5-3-4-6-24(23)27-33-16-25-28(34-27)36(29(37)35(25)18-21-11-12-30-15-21)17-20-7-9-22(10-8-20)26-31-13-14-32-26/h3-11,13-14,16,19H,12,15,17-18H2,1-2H3,(H,31,32)/q-1. The van der Waals surface area contributed by atoms with Gasteiger partial charge in [0.05, 0.1) is 0 Å². The van der Waals surface area contributed by atoms with Crippen molar-refractivity contribution in [2.75, 3.05) is 8.86 Å². The predicted molar refractivity (Wildman–Crippen MR) is 142 cm³/mol. The number of halogens is 1. The molecule has 2 aromatic carbocycles. The minimum atomic E-state index is -0.0419. The molecule has 0 saturated carbocycles. The molecule has 5 aromatic rings. The third-order valence-electron chi connectivity index (χ3n) is 6.75. The molecule has 37 heavy (non-hydrogen) atoms. The molecule has 4 heterocycles. The number of aromatic amines is 1. The fourth-order valence-electron chi connectivity index (χ4n) is 4.80. The van der Waals surface area contributed by atoms with Gasteiger partial charge in [0, 0.05) is 12.4 Å². The van der Waals surface area contributed by atoms with E-state index in [0.29, 0.717) is 30.5 Å². The zero-order valence-electron chi connectivity index (χ0n) is 20.9. The van der Waals surface area contributed by atoms with E-state index < -0.39 is 0 Å². The van der Waals surface area contributed by atoms with Gasteiger partial charge in [0.15, 0.2) is 0 Å². The SMILES string of the molecule is CC(C)c1ccccc1-c1ncc2c(n1)n(Cc1ccc(-c3ncc[nH]3)cc1)c(=O)n2CC1=CC[I-]C1. The normalized spacial score (nSPS) is 13.8. The van der Waals surface area contributed by atoms with E-state index >= 15 is 0 Å². The monoisotopic (exact) mass is 603 g/mol. The number of nitrogens with zero attached hydrogens (tertiary/aromatic N) is 5. The average Bonchev–Trinajstić information content (AvgIpc) is 3.69. The third kappa shape index (κ3) is 4.66.